The molecule has 0 saturated carbocycles. The molecular weight excluding hydrogens is 1690 g/mol. The second-order valence-electron chi connectivity index (χ2n) is 30.4. The van der Waals surface area contributed by atoms with Crippen LogP contribution in [0.25, 0.3) is 22.3 Å². The highest BCUT2D eigenvalue weighted by Crippen LogP contribution is 2.50. The molecule has 18 atom stereocenters. The summed E-state index contributed by atoms with van der Waals surface area (Å²) in [5.41, 5.74) is 16.4. The van der Waals surface area contributed by atoms with Gasteiger partial charge in [0.1, 0.15) is 77.3 Å². The normalized spacial score (nSPS) is 24.4. The summed E-state index contributed by atoms with van der Waals surface area (Å²) in [7, 11) is 1.50. The Labute approximate surface area is 720 Å². The Morgan fingerprint density at radius 1 is 0.738 bits per heavy atom. The number of hydrogen-bond donors (Lipinski definition) is 19. The zero-order chi connectivity index (χ0) is 88.2. The van der Waals surface area contributed by atoms with Crippen molar-refractivity contribution in [2.24, 2.45) is 17.4 Å². The number of phenols is 3. The molecule has 13 rings (SSSR count). The molecule has 0 aliphatic carbocycles. The van der Waals surface area contributed by atoms with Gasteiger partial charge in [0, 0.05) is 52.0 Å². The molecule has 22 N–H and O–H groups in total. The predicted octanol–water partition coefficient (Wildman–Crippen LogP) is 5.91. The van der Waals surface area contributed by atoms with Gasteiger partial charge >= 0.3 is 5.97 Å². The number of nitrogens with zero attached hydrogens (tertiary/aromatic N) is 2. The molecule has 122 heavy (non-hydrogen) atoms. The first kappa shape index (κ1) is 90.5. The number of carbonyl (C=O) groups excluding carboxylic acids is 7. The zero-order valence-electron chi connectivity index (χ0n) is 65.9. The van der Waals surface area contributed by atoms with E-state index in [-0.39, 0.29) is 85.6 Å². The lowest BCUT2D eigenvalue weighted by molar-refractivity contribution is -0.330. The van der Waals surface area contributed by atoms with Crippen molar-refractivity contribution < 1.29 is 113 Å². The molecule has 8 aromatic rings. The number of aliphatic hydroxyl groups is 5. The third-order valence-electron chi connectivity index (χ3n) is 21.2. The number of fused-ring (bicyclic) bond motifs is 8. The molecule has 35 nitrogen and oxygen atoms in total. The van der Waals surface area contributed by atoms with Crippen molar-refractivity contribution in [3.63, 3.8) is 0 Å². The number of aromatic nitrogens is 2. The summed E-state index contributed by atoms with van der Waals surface area (Å²) in [4.78, 5) is 112. The number of carbonyl (C=O) groups is 8. The Morgan fingerprint density at radius 3 is 2.09 bits per heavy atom. The SMILES string of the molecule is CN[C@@H](CC(C)C)C(=O)N[C@@H](C(=O)N[C@@H](CC(N)=O)C(N)=O)[C@H](O)c1ccc(Oc2cc3cc(c2OC2OC(CSc4nnc(N)s4)C(O)C(O)C2OC2CC(C)(NCc4ccc(-c5ccc(Cl)cc5)cc4)C(O)C(C)O2)Oc2ccc(cc2Cl)[C@@H](O)C2NC(=O)[C@H](NC(=O)[C@@H]3C)c3ccc(O)c(c3)-c3c(O)cc(O)cc3[C@H](C(=O)O)NC2=O)c(Cl)c1. The van der Waals surface area contributed by atoms with Crippen LogP contribution in [0.3, 0.4) is 0 Å². The van der Waals surface area contributed by atoms with Crippen LogP contribution in [0.5, 0.6) is 46.0 Å². The van der Waals surface area contributed by atoms with Gasteiger partial charge in [-0.2, -0.15) is 0 Å². The van der Waals surface area contributed by atoms with Gasteiger partial charge in [0.05, 0.1) is 46.7 Å². The van der Waals surface area contributed by atoms with Gasteiger partial charge in [0.2, 0.25) is 58.5 Å². The Morgan fingerprint density at radius 2 is 1.44 bits per heavy atom. The van der Waals surface area contributed by atoms with Crippen molar-refractivity contribution in [3.8, 4) is 68.2 Å². The van der Waals surface area contributed by atoms with Gasteiger partial charge in [-0.25, -0.2) is 4.79 Å². The number of rotatable bonds is 26. The molecule has 648 valence electrons. The summed E-state index contributed by atoms with van der Waals surface area (Å²) in [6.45, 7) is 8.61. The number of nitrogens with two attached hydrogens (primary N) is 3. The number of amides is 7. The lowest BCUT2D eigenvalue weighted by Gasteiger charge is -2.48. The lowest BCUT2D eigenvalue weighted by atomic mass is 9.84. The fraction of sp³-hybridized carbons (Fsp3) is 0.366. The molecule has 8 bridgehead atoms. The molecule has 2 saturated heterocycles. The molecule has 0 spiro atoms. The molecular formula is C82H89Cl3N12O23S2. The van der Waals surface area contributed by atoms with Crippen molar-refractivity contribution in [1.82, 2.24) is 47.4 Å². The molecule has 2 fully saturated rings. The number of primary amides is 2. The summed E-state index contributed by atoms with van der Waals surface area (Å²) in [6, 6.07) is 18.9. The van der Waals surface area contributed by atoms with Gasteiger partial charge < -0.3 is 129 Å². The van der Waals surface area contributed by atoms with E-state index in [4.69, 9.17) is 80.4 Å². The number of carboxylic acid groups (broad SMARTS) is 1. The average Bonchev–Trinajstić information content (AvgIpc) is 0.826. The maximum absolute atomic E-state index is 15.6. The first-order valence-electron chi connectivity index (χ1n) is 38.2. The summed E-state index contributed by atoms with van der Waals surface area (Å²) >= 11 is 22.6. The molecule has 1 aromatic heterocycles. The van der Waals surface area contributed by atoms with Crippen LogP contribution in [-0.4, -0.2) is 195 Å². The number of nitrogen functional groups attached to an aromatic ring is 1. The number of aliphatic hydroxyl groups excluding tert-OH is 5. The second kappa shape index (κ2) is 38.4. The Hall–Kier alpha value is -10.7. The lowest BCUT2D eigenvalue weighted by Crippen LogP contribution is -2.65. The van der Waals surface area contributed by atoms with Gasteiger partial charge in [-0.15, -0.1) is 10.2 Å². The maximum atomic E-state index is 15.6. The predicted molar refractivity (Wildman–Crippen MR) is 444 cm³/mol. The number of ether oxygens (including phenoxy) is 6. The number of hydrogen-bond acceptors (Lipinski definition) is 29. The number of benzene rings is 7. The van der Waals surface area contributed by atoms with Gasteiger partial charge in [0.25, 0.3) is 0 Å². The van der Waals surface area contributed by atoms with E-state index in [0.717, 1.165) is 76.2 Å². The number of nitrogens with one attached hydrogen (secondary N) is 7. The van der Waals surface area contributed by atoms with Gasteiger partial charge in [-0.3, -0.25) is 33.6 Å². The maximum Gasteiger partial charge on any atom is 0.330 e. The number of likely N-dealkylation sites (N-methyl/N-ethyl adjacent to an activating group) is 1. The van der Waals surface area contributed by atoms with Crippen LogP contribution in [0.4, 0.5) is 5.13 Å². The van der Waals surface area contributed by atoms with E-state index < -0.39 is 208 Å². The summed E-state index contributed by atoms with van der Waals surface area (Å²) in [5.74, 6) is -15.6. The highest BCUT2D eigenvalue weighted by Gasteiger charge is 2.52. The van der Waals surface area contributed by atoms with E-state index in [1.807, 2.05) is 50.2 Å². The number of phenolic OH excluding ortho intramolecular Hbond substituents is 3. The third kappa shape index (κ3) is 20.6. The van der Waals surface area contributed by atoms with Crippen LogP contribution in [0.1, 0.15) is 117 Å². The minimum atomic E-state index is -2.19. The van der Waals surface area contributed by atoms with Crippen molar-refractivity contribution in [3.05, 3.63) is 176 Å². The third-order valence-corrected chi connectivity index (χ3v) is 24.0. The van der Waals surface area contributed by atoms with E-state index in [0.29, 0.717) is 9.36 Å². The molecule has 40 heteroatoms. The summed E-state index contributed by atoms with van der Waals surface area (Å²) in [5, 5.41) is 133. The van der Waals surface area contributed by atoms with Gasteiger partial charge in [-0.05, 0) is 146 Å². The van der Waals surface area contributed by atoms with Crippen molar-refractivity contribution in [2.45, 2.75) is 174 Å². The number of anilines is 1. The van der Waals surface area contributed by atoms with Crippen molar-refractivity contribution >= 4 is 110 Å². The quantitative estimate of drug-likeness (QED) is 0.0280. The molecule has 5 aliphatic rings. The fourth-order valence-electron chi connectivity index (χ4n) is 14.6. The minimum absolute atomic E-state index is 0.0724. The average molecular weight is 1780 g/mol. The monoisotopic (exact) mass is 1780 g/mol. The number of carboxylic acids is 1. The fourth-order valence-corrected chi connectivity index (χ4v) is 16.9. The van der Waals surface area contributed by atoms with Crippen LogP contribution in [0, 0.1) is 5.92 Å². The molecule has 0 radical (unpaired) electrons. The molecule has 7 aromatic carbocycles. The largest absolute Gasteiger partial charge is 0.508 e. The van der Waals surface area contributed by atoms with E-state index in [9.17, 15) is 74.7 Å². The van der Waals surface area contributed by atoms with Crippen LogP contribution >= 0.6 is 57.9 Å². The number of thioether (sulfide) groups is 1. The first-order valence-corrected chi connectivity index (χ1v) is 41.2. The number of aromatic hydroxyl groups is 3. The first-order chi connectivity index (χ1) is 57.8. The topological polar surface area (TPSA) is 562 Å². The van der Waals surface area contributed by atoms with Crippen LogP contribution < -0.4 is 68.6 Å². The van der Waals surface area contributed by atoms with Crippen LogP contribution in [0.2, 0.25) is 15.1 Å². The van der Waals surface area contributed by atoms with Crippen molar-refractivity contribution in [2.75, 3.05) is 18.5 Å². The zero-order valence-corrected chi connectivity index (χ0v) is 69.8. The Kier molecular flexibility index (Phi) is 28.5. The van der Waals surface area contributed by atoms with E-state index in [2.05, 4.69) is 47.4 Å². The van der Waals surface area contributed by atoms with Crippen LogP contribution in [-0.2, 0) is 59.1 Å². The van der Waals surface area contributed by atoms with E-state index in [1.165, 1.54) is 56.4 Å². The van der Waals surface area contributed by atoms with E-state index >= 15 is 9.59 Å². The summed E-state index contributed by atoms with van der Waals surface area (Å²) in [6.07, 6.45) is -17.4. The molecule has 10 unspecified atom stereocenters. The standard InChI is InChI=1S/C82H89Cl3N12O23S2/c1-33(2)21-50(89-6)74(109)94-63(76(111)91-49(72(87)107)29-58(86)101)65(102)40-14-19-53(47(84)23-40)116-55-25-42-26-56(117-54-20-15-41(24-48(54)85)66(103)64-77(112)93-62(78(113)114)46-27-44(98)28-52(100)60(46)45-22-39(13-18-51(45)99)61(75(110)95-64)92-73(108)34(42)3)69(55)120-79-70(68(105)67(104)57(118-79)32-121-81-97-96-80(88)122-81)119-59-30-82(5,71(106)35(4)115-59)90-31-36-7-9-37(10-8-36)38-11-16-43(83)17-12-38/h7-20,22-28,33-35,49-50,57,59,61-68,70-71,79,89-90,98-100,102-106H,21,29-32H2,1-6H3,(H2,86,101)(H2,87,107)(H2,88,96)(H,91,111)(H,92,108)(H,93,112)(H,94,109)(H,95,110)(H,113,114)/t34-,35?,49+,50+,57?,59?,61-,62-,63-,64?,65-,66-,67?,68?,70?,71?,79?,82?/m1/s1. The highest BCUT2D eigenvalue weighted by atomic mass is 35.5. The Balaban J connectivity index is 0.998. The van der Waals surface area contributed by atoms with Gasteiger partial charge in [-0.1, -0.05) is 126 Å². The number of aliphatic carboxylic acids is 1. The van der Waals surface area contributed by atoms with Gasteiger partial charge in [0.15, 0.2) is 34.3 Å². The van der Waals surface area contributed by atoms with Crippen LogP contribution in [0.15, 0.2) is 132 Å². The smallest absolute Gasteiger partial charge is 0.330 e. The molecule has 7 amide bonds. The number of halogens is 3. The second-order valence-corrected chi connectivity index (χ2v) is 33.9. The Bertz CT molecular complexity index is 5280. The molecule has 5 aliphatic heterocycles. The minimum Gasteiger partial charge on any atom is -0.508 e. The highest BCUT2D eigenvalue weighted by molar-refractivity contribution is 8.01. The molecule has 6 heterocycles. The van der Waals surface area contributed by atoms with Crippen molar-refractivity contribution in [1.29, 1.82) is 0 Å². The summed E-state index contributed by atoms with van der Waals surface area (Å²) < 4.78 is 40.9. The van der Waals surface area contributed by atoms with E-state index in [1.54, 1.807) is 26.0 Å².